The number of nitrogens with one attached hydrogen (secondary N) is 1. The summed E-state index contributed by atoms with van der Waals surface area (Å²) in [5.74, 6) is -1.11. The van der Waals surface area contributed by atoms with E-state index in [1.807, 2.05) is 11.8 Å². The molecule has 1 aliphatic carbocycles. The van der Waals surface area contributed by atoms with E-state index in [0.29, 0.717) is 30.1 Å². The maximum absolute atomic E-state index is 13.4. The third kappa shape index (κ3) is 6.55. The normalized spacial score (nSPS) is 22.7. The fourth-order valence-electron chi connectivity index (χ4n) is 4.77. The molecule has 1 atom stereocenters. The zero-order valence-corrected chi connectivity index (χ0v) is 20.6. The van der Waals surface area contributed by atoms with Crippen LogP contribution in [0.25, 0.3) is 0 Å². The second-order valence-electron chi connectivity index (χ2n) is 10.2. The zero-order chi connectivity index (χ0) is 23.4. The van der Waals surface area contributed by atoms with Crippen LogP contribution >= 0.6 is 11.8 Å². The van der Waals surface area contributed by atoms with Crippen LogP contribution < -0.4 is 5.32 Å². The predicted molar refractivity (Wildman–Crippen MR) is 131 cm³/mol. The smallest absolute Gasteiger partial charge is 0.126 e. The van der Waals surface area contributed by atoms with Gasteiger partial charge < -0.3 is 5.11 Å². The van der Waals surface area contributed by atoms with Crippen LogP contribution in [0.4, 0.5) is 8.78 Å². The third-order valence-electron chi connectivity index (χ3n) is 6.71. The molecule has 1 unspecified atom stereocenters. The van der Waals surface area contributed by atoms with Crippen molar-refractivity contribution < 1.29 is 13.9 Å². The molecule has 176 valence electrons. The van der Waals surface area contributed by atoms with Gasteiger partial charge in [0.15, 0.2) is 0 Å². The highest BCUT2D eigenvalue weighted by atomic mass is 32.2. The van der Waals surface area contributed by atoms with E-state index < -0.39 is 17.9 Å². The van der Waals surface area contributed by atoms with Crippen molar-refractivity contribution in [3.8, 4) is 0 Å². The quantitative estimate of drug-likeness (QED) is 0.429. The Bertz CT molecular complexity index is 867. The Morgan fingerprint density at radius 3 is 2.34 bits per heavy atom. The van der Waals surface area contributed by atoms with Crippen LogP contribution in [0.1, 0.15) is 76.0 Å². The minimum Gasteiger partial charge on any atom is -0.379 e. The van der Waals surface area contributed by atoms with Crippen molar-refractivity contribution in [1.82, 2.24) is 5.32 Å². The standard InChI is InChI=1S/C27H37F2NOS/c1-26(2,3)20-8-6-9-21(17-20)27(13-11-24(32-4)12-14-27)30-25(31)10-5-7-19-15-22(28)18-23(29)16-19/h6,8-9,15-18,24-25,30-31H,5,7,10-14H2,1-4H3. The predicted octanol–water partition coefficient (Wildman–Crippen LogP) is 6.69. The van der Waals surface area contributed by atoms with E-state index >= 15 is 0 Å². The van der Waals surface area contributed by atoms with Gasteiger partial charge in [-0.1, -0.05) is 45.0 Å². The summed E-state index contributed by atoms with van der Waals surface area (Å²) in [6.45, 7) is 6.67. The highest BCUT2D eigenvalue weighted by molar-refractivity contribution is 7.99. The second kappa shape index (κ2) is 10.7. The lowest BCUT2D eigenvalue weighted by atomic mass is 9.74. The minimum atomic E-state index is -0.669. The molecule has 1 fully saturated rings. The summed E-state index contributed by atoms with van der Waals surface area (Å²) >= 11 is 1.93. The number of aryl methyl sites for hydroxylation is 1. The molecule has 0 heterocycles. The number of thioether (sulfide) groups is 1. The van der Waals surface area contributed by atoms with Crippen LogP contribution in [0.5, 0.6) is 0 Å². The largest absolute Gasteiger partial charge is 0.379 e. The topological polar surface area (TPSA) is 32.3 Å². The Morgan fingerprint density at radius 2 is 1.75 bits per heavy atom. The van der Waals surface area contributed by atoms with Gasteiger partial charge in [0, 0.05) is 16.9 Å². The number of benzene rings is 2. The molecule has 2 aromatic carbocycles. The summed E-state index contributed by atoms with van der Waals surface area (Å²) in [6.07, 6.45) is 7.43. The molecule has 0 saturated heterocycles. The zero-order valence-electron chi connectivity index (χ0n) is 19.8. The number of hydrogen-bond donors (Lipinski definition) is 2. The van der Waals surface area contributed by atoms with Gasteiger partial charge in [0.2, 0.25) is 0 Å². The SMILES string of the molecule is CSC1CCC(NC(O)CCCc2cc(F)cc(F)c2)(c2cccc(C(C)(C)C)c2)CC1. The Morgan fingerprint density at radius 1 is 1.09 bits per heavy atom. The number of rotatable bonds is 8. The molecule has 1 saturated carbocycles. The van der Waals surface area contributed by atoms with Gasteiger partial charge in [-0.2, -0.15) is 11.8 Å². The molecule has 0 amide bonds. The lowest BCUT2D eigenvalue weighted by Crippen LogP contribution is -2.50. The molecule has 32 heavy (non-hydrogen) atoms. The molecule has 0 radical (unpaired) electrons. The average Bonchev–Trinajstić information content (AvgIpc) is 2.73. The molecule has 0 aromatic heterocycles. The van der Waals surface area contributed by atoms with E-state index in [-0.39, 0.29) is 11.0 Å². The lowest BCUT2D eigenvalue weighted by Gasteiger charge is -2.43. The van der Waals surface area contributed by atoms with E-state index in [9.17, 15) is 13.9 Å². The van der Waals surface area contributed by atoms with Crippen LogP contribution in [0.15, 0.2) is 42.5 Å². The van der Waals surface area contributed by atoms with Crippen LogP contribution in [0, 0.1) is 11.6 Å². The summed E-state index contributed by atoms with van der Waals surface area (Å²) in [5.41, 5.74) is 2.98. The first-order valence-corrected chi connectivity index (χ1v) is 12.9. The summed E-state index contributed by atoms with van der Waals surface area (Å²) in [6, 6.07) is 12.4. The van der Waals surface area contributed by atoms with Crippen molar-refractivity contribution in [2.45, 2.75) is 88.1 Å². The molecular weight excluding hydrogens is 424 g/mol. The van der Waals surface area contributed by atoms with E-state index in [4.69, 9.17) is 0 Å². The maximum Gasteiger partial charge on any atom is 0.126 e. The second-order valence-corrected chi connectivity index (χ2v) is 11.3. The number of aliphatic hydroxyl groups is 1. The Hall–Kier alpha value is -1.43. The van der Waals surface area contributed by atoms with Gasteiger partial charge >= 0.3 is 0 Å². The fourth-order valence-corrected chi connectivity index (χ4v) is 5.47. The Kier molecular flexibility index (Phi) is 8.40. The third-order valence-corrected chi connectivity index (χ3v) is 7.85. The summed E-state index contributed by atoms with van der Waals surface area (Å²) in [4.78, 5) is 0. The van der Waals surface area contributed by atoms with Crippen LogP contribution in [-0.2, 0) is 17.4 Å². The fraction of sp³-hybridized carbons (Fsp3) is 0.556. The molecule has 5 heteroatoms. The van der Waals surface area contributed by atoms with Crippen molar-refractivity contribution in [1.29, 1.82) is 0 Å². The van der Waals surface area contributed by atoms with Crippen LogP contribution in [0.2, 0.25) is 0 Å². The van der Waals surface area contributed by atoms with Crippen LogP contribution in [-0.4, -0.2) is 22.8 Å². The van der Waals surface area contributed by atoms with Gasteiger partial charge in [-0.05, 0) is 85.4 Å². The Labute approximate surface area is 196 Å². The first kappa shape index (κ1) is 25.2. The molecule has 0 spiro atoms. The molecule has 0 bridgehead atoms. The molecule has 3 rings (SSSR count). The van der Waals surface area contributed by atoms with Crippen LogP contribution in [0.3, 0.4) is 0 Å². The molecule has 0 aliphatic heterocycles. The number of halogens is 2. The molecule has 2 nitrogen and oxygen atoms in total. The molecule has 1 aliphatic rings. The summed E-state index contributed by atoms with van der Waals surface area (Å²) in [7, 11) is 0. The average molecular weight is 462 g/mol. The van der Waals surface area contributed by atoms with E-state index in [0.717, 1.165) is 31.7 Å². The van der Waals surface area contributed by atoms with Crippen molar-refractivity contribution in [3.05, 3.63) is 70.8 Å². The van der Waals surface area contributed by atoms with Crippen molar-refractivity contribution >= 4 is 11.8 Å². The number of hydrogen-bond acceptors (Lipinski definition) is 3. The van der Waals surface area contributed by atoms with E-state index in [1.165, 1.54) is 23.3 Å². The maximum atomic E-state index is 13.4. The molecule has 2 N–H and O–H groups in total. The first-order valence-electron chi connectivity index (χ1n) is 11.7. The Balaban J connectivity index is 1.72. The van der Waals surface area contributed by atoms with Crippen molar-refractivity contribution in [2.24, 2.45) is 0 Å². The highest BCUT2D eigenvalue weighted by Gasteiger charge is 2.38. The first-order chi connectivity index (χ1) is 15.1. The van der Waals surface area contributed by atoms with Gasteiger partial charge in [-0.15, -0.1) is 0 Å². The molecular formula is C27H37F2NOS. The number of aliphatic hydroxyl groups excluding tert-OH is 1. The van der Waals surface area contributed by atoms with Gasteiger partial charge in [0.25, 0.3) is 0 Å². The van der Waals surface area contributed by atoms with Crippen molar-refractivity contribution in [3.63, 3.8) is 0 Å². The van der Waals surface area contributed by atoms with Gasteiger partial charge in [0.05, 0.1) is 0 Å². The minimum absolute atomic E-state index is 0.0620. The highest BCUT2D eigenvalue weighted by Crippen LogP contribution is 2.41. The van der Waals surface area contributed by atoms with Gasteiger partial charge in [0.1, 0.15) is 17.9 Å². The van der Waals surface area contributed by atoms with Crippen molar-refractivity contribution in [2.75, 3.05) is 6.26 Å². The summed E-state index contributed by atoms with van der Waals surface area (Å²) < 4.78 is 26.9. The lowest BCUT2D eigenvalue weighted by molar-refractivity contribution is 0.0636. The monoisotopic (exact) mass is 461 g/mol. The van der Waals surface area contributed by atoms with Gasteiger partial charge in [-0.3, -0.25) is 5.32 Å². The van der Waals surface area contributed by atoms with E-state index in [1.54, 1.807) is 0 Å². The van der Waals surface area contributed by atoms with Gasteiger partial charge in [-0.25, -0.2) is 8.78 Å². The molecule has 2 aromatic rings. The summed E-state index contributed by atoms with van der Waals surface area (Å²) in [5, 5.41) is 15.1. The van der Waals surface area contributed by atoms with E-state index in [2.05, 4.69) is 56.6 Å².